The highest BCUT2D eigenvalue weighted by Gasteiger charge is 2.21. The van der Waals surface area contributed by atoms with E-state index in [1.54, 1.807) is 6.92 Å². The number of carbonyl (C=O) groups is 2. The lowest BCUT2D eigenvalue weighted by Gasteiger charge is -2.32. The van der Waals surface area contributed by atoms with E-state index in [0.717, 1.165) is 26.2 Å². The van der Waals surface area contributed by atoms with Gasteiger partial charge in [-0.3, -0.25) is 15.0 Å². The Morgan fingerprint density at radius 2 is 2.21 bits per heavy atom. The number of hydrogen-bond donors (Lipinski definition) is 3. The Bertz CT molecular complexity index is 311. The van der Waals surface area contributed by atoms with Crippen molar-refractivity contribution in [3.05, 3.63) is 0 Å². The zero-order valence-electron chi connectivity index (χ0n) is 11.9. The molecule has 3 N–H and O–H groups in total. The number of morpholine rings is 1. The molecule has 0 radical (unpaired) electrons. The molecule has 0 aromatic rings. The monoisotopic (exact) mass is 272 g/mol. The van der Waals surface area contributed by atoms with Gasteiger partial charge in [-0.2, -0.15) is 0 Å². The van der Waals surface area contributed by atoms with Crippen molar-refractivity contribution in [3.63, 3.8) is 0 Å². The second-order valence-corrected chi connectivity index (χ2v) is 4.58. The Hall–Kier alpha value is -1.18. The zero-order chi connectivity index (χ0) is 14.3. The minimum absolute atomic E-state index is 0.0870. The summed E-state index contributed by atoms with van der Waals surface area (Å²) in [5, 5.41) is 7.66. The summed E-state index contributed by atoms with van der Waals surface area (Å²) in [5.74, 6) is -0.345. The molecule has 0 aliphatic carbocycles. The maximum atomic E-state index is 11.6. The molecule has 19 heavy (non-hydrogen) atoms. The van der Waals surface area contributed by atoms with E-state index < -0.39 is 12.1 Å². The summed E-state index contributed by atoms with van der Waals surface area (Å²) in [6.45, 7) is 7.99. The number of imide groups is 1. The summed E-state index contributed by atoms with van der Waals surface area (Å²) in [6.07, 6.45) is 0.0870. The van der Waals surface area contributed by atoms with Gasteiger partial charge in [-0.1, -0.05) is 6.92 Å². The van der Waals surface area contributed by atoms with Crippen molar-refractivity contribution in [2.75, 3.05) is 39.8 Å². The van der Waals surface area contributed by atoms with Crippen molar-refractivity contribution >= 4 is 11.9 Å². The van der Waals surface area contributed by atoms with Crippen LogP contribution in [0.2, 0.25) is 0 Å². The molecule has 7 nitrogen and oxygen atoms in total. The van der Waals surface area contributed by atoms with Gasteiger partial charge in [0.15, 0.2) is 0 Å². The van der Waals surface area contributed by atoms with Crippen molar-refractivity contribution < 1.29 is 14.3 Å². The van der Waals surface area contributed by atoms with Gasteiger partial charge in [-0.15, -0.1) is 0 Å². The molecule has 1 aliphatic rings. The van der Waals surface area contributed by atoms with Crippen molar-refractivity contribution in [3.8, 4) is 0 Å². The molecule has 1 rings (SSSR count). The van der Waals surface area contributed by atoms with E-state index in [1.807, 2.05) is 0 Å². The predicted molar refractivity (Wildman–Crippen MR) is 71.9 cm³/mol. The fraction of sp³-hybridized carbons (Fsp3) is 0.833. The summed E-state index contributed by atoms with van der Waals surface area (Å²) >= 11 is 0. The maximum Gasteiger partial charge on any atom is 0.321 e. The smallest absolute Gasteiger partial charge is 0.321 e. The Morgan fingerprint density at radius 1 is 1.47 bits per heavy atom. The van der Waals surface area contributed by atoms with Crippen LogP contribution in [-0.2, 0) is 9.53 Å². The number of amides is 3. The average Bonchev–Trinajstić information content (AvgIpc) is 2.44. The van der Waals surface area contributed by atoms with E-state index in [2.05, 4.69) is 27.8 Å². The summed E-state index contributed by atoms with van der Waals surface area (Å²) in [5.41, 5.74) is 0. The number of likely N-dealkylation sites (N-methyl/N-ethyl adjacent to an activating group) is 1. The minimum atomic E-state index is -0.496. The normalized spacial score (nSPS) is 21.7. The quantitative estimate of drug-likeness (QED) is 0.607. The van der Waals surface area contributed by atoms with Gasteiger partial charge in [0.05, 0.1) is 18.8 Å². The van der Waals surface area contributed by atoms with Crippen LogP contribution in [0, 0.1) is 0 Å². The molecule has 0 bridgehead atoms. The number of hydrogen-bond acceptors (Lipinski definition) is 5. The van der Waals surface area contributed by atoms with E-state index in [4.69, 9.17) is 4.74 Å². The van der Waals surface area contributed by atoms with Gasteiger partial charge < -0.3 is 15.4 Å². The summed E-state index contributed by atoms with van der Waals surface area (Å²) < 4.78 is 5.63. The zero-order valence-corrected chi connectivity index (χ0v) is 11.9. The molecule has 1 fully saturated rings. The van der Waals surface area contributed by atoms with Gasteiger partial charge in [0, 0.05) is 26.7 Å². The molecule has 1 saturated heterocycles. The Balaban J connectivity index is 2.27. The predicted octanol–water partition coefficient (Wildman–Crippen LogP) is -0.859. The number of nitrogens with one attached hydrogen (secondary N) is 3. The van der Waals surface area contributed by atoms with Gasteiger partial charge in [-0.25, -0.2) is 4.79 Å². The van der Waals surface area contributed by atoms with Crippen molar-refractivity contribution in [2.45, 2.75) is 26.0 Å². The van der Waals surface area contributed by atoms with Gasteiger partial charge in [0.25, 0.3) is 0 Å². The van der Waals surface area contributed by atoms with Gasteiger partial charge in [0.1, 0.15) is 0 Å². The molecule has 0 aromatic heterocycles. The van der Waals surface area contributed by atoms with Crippen LogP contribution in [-0.4, -0.2) is 68.8 Å². The fourth-order valence-electron chi connectivity index (χ4n) is 1.87. The van der Waals surface area contributed by atoms with Gasteiger partial charge in [0.2, 0.25) is 5.91 Å². The second-order valence-electron chi connectivity index (χ2n) is 4.58. The van der Waals surface area contributed by atoms with Crippen LogP contribution in [0.15, 0.2) is 0 Å². The molecule has 3 amide bonds. The lowest BCUT2D eigenvalue weighted by Crippen LogP contribution is -2.52. The molecule has 7 heteroatoms. The van der Waals surface area contributed by atoms with E-state index in [-0.39, 0.29) is 12.0 Å². The third-order valence-electron chi connectivity index (χ3n) is 3.18. The van der Waals surface area contributed by atoms with E-state index in [0.29, 0.717) is 6.54 Å². The van der Waals surface area contributed by atoms with Gasteiger partial charge >= 0.3 is 6.03 Å². The molecule has 0 aromatic carbocycles. The van der Waals surface area contributed by atoms with Crippen LogP contribution >= 0.6 is 0 Å². The van der Waals surface area contributed by atoms with Crippen LogP contribution in [0.4, 0.5) is 4.79 Å². The fourth-order valence-corrected chi connectivity index (χ4v) is 1.87. The number of urea groups is 1. The van der Waals surface area contributed by atoms with Gasteiger partial charge in [-0.05, 0) is 13.5 Å². The van der Waals surface area contributed by atoms with E-state index in [9.17, 15) is 9.59 Å². The summed E-state index contributed by atoms with van der Waals surface area (Å²) in [4.78, 5) is 24.9. The topological polar surface area (TPSA) is 82.7 Å². The first-order chi connectivity index (χ1) is 9.06. The molecule has 1 aliphatic heterocycles. The van der Waals surface area contributed by atoms with Crippen molar-refractivity contribution in [1.82, 2.24) is 20.9 Å². The van der Waals surface area contributed by atoms with Crippen LogP contribution in [0.3, 0.4) is 0 Å². The Labute approximate surface area is 114 Å². The minimum Gasteiger partial charge on any atom is -0.374 e. The van der Waals surface area contributed by atoms with E-state index in [1.165, 1.54) is 7.05 Å². The van der Waals surface area contributed by atoms with Crippen LogP contribution < -0.4 is 16.0 Å². The lowest BCUT2D eigenvalue weighted by molar-refractivity contribution is -0.121. The van der Waals surface area contributed by atoms with Crippen molar-refractivity contribution in [2.24, 2.45) is 0 Å². The third-order valence-corrected chi connectivity index (χ3v) is 3.18. The highest BCUT2D eigenvalue weighted by atomic mass is 16.5. The van der Waals surface area contributed by atoms with Crippen molar-refractivity contribution in [1.29, 1.82) is 0 Å². The Kier molecular flexibility index (Phi) is 6.75. The first kappa shape index (κ1) is 15.9. The molecular weight excluding hydrogens is 248 g/mol. The first-order valence-electron chi connectivity index (χ1n) is 6.66. The second kappa shape index (κ2) is 8.08. The maximum absolute atomic E-state index is 11.6. The number of carbonyl (C=O) groups excluding carboxylic acids is 2. The average molecular weight is 272 g/mol. The third kappa shape index (κ3) is 5.54. The van der Waals surface area contributed by atoms with Crippen LogP contribution in [0.5, 0.6) is 0 Å². The molecule has 0 saturated carbocycles. The Morgan fingerprint density at radius 3 is 2.84 bits per heavy atom. The molecular formula is C12H24N4O3. The molecule has 110 valence electrons. The number of ether oxygens (including phenoxy) is 1. The van der Waals surface area contributed by atoms with Crippen LogP contribution in [0.1, 0.15) is 13.8 Å². The molecule has 0 spiro atoms. The number of rotatable bonds is 5. The molecule has 2 unspecified atom stereocenters. The molecule has 1 heterocycles. The summed E-state index contributed by atoms with van der Waals surface area (Å²) in [7, 11) is 1.47. The lowest BCUT2D eigenvalue weighted by atomic mass is 10.2. The first-order valence-corrected chi connectivity index (χ1v) is 6.66. The number of nitrogens with zero attached hydrogens (tertiary/aromatic N) is 1. The highest BCUT2D eigenvalue weighted by Crippen LogP contribution is 2.03. The van der Waals surface area contributed by atoms with Crippen LogP contribution in [0.25, 0.3) is 0 Å². The standard InChI is InChI=1S/C12H24N4O3/c1-4-16-5-6-19-10(8-16)7-14-9(2)11(17)15-12(18)13-3/h9-10,14H,4-8H2,1-3H3,(H2,13,15,17,18). The largest absolute Gasteiger partial charge is 0.374 e. The highest BCUT2D eigenvalue weighted by molar-refractivity contribution is 5.96. The summed E-state index contributed by atoms with van der Waals surface area (Å²) in [6, 6.07) is -0.928. The van der Waals surface area contributed by atoms with E-state index >= 15 is 0 Å². The SMILES string of the molecule is CCN1CCOC(CNC(C)C(=O)NC(=O)NC)C1. The molecule has 2 atom stereocenters.